The Morgan fingerprint density at radius 3 is 1.46 bits per heavy atom. The Bertz CT molecular complexity index is 862. The number of carbonyl (C=O) groups is 1. The summed E-state index contributed by atoms with van der Waals surface area (Å²) in [7, 11) is 0. The quantitative estimate of drug-likeness (QED) is 0.0383. The van der Waals surface area contributed by atoms with Crippen LogP contribution in [0.4, 0.5) is 0 Å². The van der Waals surface area contributed by atoms with Crippen molar-refractivity contribution in [3.63, 3.8) is 0 Å². The molecule has 0 aromatic carbocycles. The number of carbonyl (C=O) groups excluding carboxylic acids is 1. The molecule has 0 bridgehead atoms. The highest BCUT2D eigenvalue weighted by molar-refractivity contribution is 5.69. The van der Waals surface area contributed by atoms with E-state index in [0.29, 0.717) is 13.0 Å². The Kier molecular flexibility index (Phi) is 26.7. The van der Waals surface area contributed by atoms with Crippen molar-refractivity contribution < 1.29 is 59.1 Å². The number of aliphatic hydroxyl groups excluding tert-OH is 6. The zero-order chi connectivity index (χ0) is 38.0. The summed E-state index contributed by atoms with van der Waals surface area (Å²) in [4.78, 5) is 12.4. The first-order chi connectivity index (χ1) is 25.2. The van der Waals surface area contributed by atoms with Crippen LogP contribution >= 0.6 is 0 Å². The Labute approximate surface area is 313 Å². The third kappa shape index (κ3) is 18.6. The normalized spacial score (nSPS) is 29.4. The Hall–Kier alpha value is -0.930. The smallest absolute Gasteiger partial charge is 0.305 e. The molecule has 10 atom stereocenters. The SMILES string of the molecule is CCCCCCCCCCCCCCCC(=O)OC[C@H]1O[C@H](O[C@H]2[C@H](O)[C@@H](O)[C@H](OCCCCCCCCCCCC)O[C@@H]2CO)[C@H](O)[C@@H](O)[C@@H]1O. The number of hydrogen-bond donors (Lipinski definition) is 6. The fourth-order valence-corrected chi connectivity index (χ4v) is 7.00. The topological polar surface area (TPSA) is 185 Å². The summed E-state index contributed by atoms with van der Waals surface area (Å²) in [6, 6.07) is 0. The second kappa shape index (κ2) is 29.4. The van der Waals surface area contributed by atoms with Gasteiger partial charge in [0.05, 0.1) is 6.61 Å². The zero-order valence-electron chi connectivity index (χ0n) is 32.5. The molecule has 52 heavy (non-hydrogen) atoms. The van der Waals surface area contributed by atoms with Gasteiger partial charge in [-0.1, -0.05) is 149 Å². The Morgan fingerprint density at radius 2 is 0.962 bits per heavy atom. The van der Waals surface area contributed by atoms with Crippen LogP contribution in [-0.2, 0) is 28.5 Å². The van der Waals surface area contributed by atoms with Crippen molar-refractivity contribution in [1.29, 1.82) is 0 Å². The highest BCUT2D eigenvalue weighted by Gasteiger charge is 2.51. The number of unbranched alkanes of at least 4 members (excludes halogenated alkanes) is 21. The van der Waals surface area contributed by atoms with Gasteiger partial charge in [-0.15, -0.1) is 0 Å². The molecule has 0 radical (unpaired) electrons. The number of esters is 1. The molecule has 0 aliphatic carbocycles. The predicted molar refractivity (Wildman–Crippen MR) is 198 cm³/mol. The van der Waals surface area contributed by atoms with Crippen LogP contribution in [0.5, 0.6) is 0 Å². The molecule has 0 unspecified atom stereocenters. The molecule has 308 valence electrons. The Morgan fingerprint density at radius 1 is 0.519 bits per heavy atom. The van der Waals surface area contributed by atoms with Crippen LogP contribution in [0, 0.1) is 0 Å². The van der Waals surface area contributed by atoms with Crippen molar-refractivity contribution in [2.45, 2.75) is 229 Å². The molecular formula is C40H76O12. The van der Waals surface area contributed by atoms with Gasteiger partial charge in [0.15, 0.2) is 12.6 Å². The lowest BCUT2D eigenvalue weighted by Crippen LogP contribution is -2.64. The van der Waals surface area contributed by atoms with Crippen LogP contribution in [0.1, 0.15) is 168 Å². The van der Waals surface area contributed by atoms with Crippen LogP contribution in [-0.4, -0.2) is 118 Å². The van der Waals surface area contributed by atoms with Gasteiger partial charge >= 0.3 is 5.97 Å². The maximum Gasteiger partial charge on any atom is 0.305 e. The summed E-state index contributed by atoms with van der Waals surface area (Å²) in [5.41, 5.74) is 0. The lowest BCUT2D eigenvalue weighted by Gasteiger charge is -2.46. The number of ether oxygens (including phenoxy) is 5. The Balaban J connectivity index is 1.68. The van der Waals surface area contributed by atoms with Crippen molar-refractivity contribution in [3.8, 4) is 0 Å². The lowest BCUT2D eigenvalue weighted by molar-refractivity contribution is -0.359. The molecule has 2 aliphatic heterocycles. The first kappa shape index (κ1) is 47.2. The van der Waals surface area contributed by atoms with E-state index in [9.17, 15) is 35.4 Å². The summed E-state index contributed by atoms with van der Waals surface area (Å²) < 4.78 is 28.2. The van der Waals surface area contributed by atoms with Crippen LogP contribution < -0.4 is 0 Å². The maximum absolute atomic E-state index is 12.4. The zero-order valence-corrected chi connectivity index (χ0v) is 32.5. The fourth-order valence-electron chi connectivity index (χ4n) is 7.00. The van der Waals surface area contributed by atoms with Crippen LogP contribution in [0.15, 0.2) is 0 Å². The largest absolute Gasteiger partial charge is 0.463 e. The average Bonchev–Trinajstić information content (AvgIpc) is 3.14. The van der Waals surface area contributed by atoms with Gasteiger partial charge in [0, 0.05) is 13.0 Å². The third-order valence-electron chi connectivity index (χ3n) is 10.5. The molecule has 0 amide bonds. The van der Waals surface area contributed by atoms with Crippen molar-refractivity contribution >= 4 is 5.97 Å². The molecule has 0 aromatic heterocycles. The first-order valence-corrected chi connectivity index (χ1v) is 21.0. The van der Waals surface area contributed by atoms with Crippen molar-refractivity contribution in [1.82, 2.24) is 0 Å². The first-order valence-electron chi connectivity index (χ1n) is 21.0. The third-order valence-corrected chi connectivity index (χ3v) is 10.5. The number of aliphatic hydroxyl groups is 6. The maximum atomic E-state index is 12.4. The van der Waals surface area contributed by atoms with E-state index >= 15 is 0 Å². The predicted octanol–water partition coefficient (Wildman–Crippen LogP) is 5.58. The molecule has 0 saturated carbocycles. The molecule has 12 heteroatoms. The molecule has 6 N–H and O–H groups in total. The van der Waals surface area contributed by atoms with Crippen molar-refractivity contribution in [3.05, 3.63) is 0 Å². The van der Waals surface area contributed by atoms with E-state index in [1.54, 1.807) is 0 Å². The van der Waals surface area contributed by atoms with Gasteiger partial charge < -0.3 is 54.3 Å². The average molecular weight is 749 g/mol. The molecule has 2 rings (SSSR count). The fraction of sp³-hybridized carbons (Fsp3) is 0.975. The summed E-state index contributed by atoms with van der Waals surface area (Å²) in [6.07, 6.45) is 12.7. The molecule has 2 aliphatic rings. The van der Waals surface area contributed by atoms with E-state index in [-0.39, 0.29) is 13.0 Å². The lowest BCUT2D eigenvalue weighted by atomic mass is 9.97. The van der Waals surface area contributed by atoms with E-state index in [1.807, 2.05) is 0 Å². The minimum Gasteiger partial charge on any atom is -0.463 e. The van der Waals surface area contributed by atoms with Crippen LogP contribution in [0.3, 0.4) is 0 Å². The molecule has 0 spiro atoms. The van der Waals surface area contributed by atoms with Gasteiger partial charge in [-0.05, 0) is 12.8 Å². The summed E-state index contributed by atoms with van der Waals surface area (Å²) in [6.45, 7) is 3.78. The monoisotopic (exact) mass is 749 g/mol. The molecule has 2 heterocycles. The van der Waals surface area contributed by atoms with E-state index in [4.69, 9.17) is 23.7 Å². The second-order valence-corrected chi connectivity index (χ2v) is 15.1. The van der Waals surface area contributed by atoms with Gasteiger partial charge in [-0.2, -0.15) is 0 Å². The van der Waals surface area contributed by atoms with Crippen molar-refractivity contribution in [2.75, 3.05) is 19.8 Å². The minimum atomic E-state index is -1.73. The second-order valence-electron chi connectivity index (χ2n) is 15.1. The molecule has 12 nitrogen and oxygen atoms in total. The molecule has 2 saturated heterocycles. The van der Waals surface area contributed by atoms with Gasteiger partial charge in [0.2, 0.25) is 0 Å². The highest BCUT2D eigenvalue weighted by Crippen LogP contribution is 2.30. The van der Waals surface area contributed by atoms with E-state index in [1.165, 1.54) is 103 Å². The van der Waals surface area contributed by atoms with E-state index < -0.39 is 74.0 Å². The van der Waals surface area contributed by atoms with Gasteiger partial charge in [-0.3, -0.25) is 4.79 Å². The summed E-state index contributed by atoms with van der Waals surface area (Å²) in [5.74, 6) is -0.458. The summed E-state index contributed by atoms with van der Waals surface area (Å²) in [5, 5.41) is 63.3. The van der Waals surface area contributed by atoms with Crippen molar-refractivity contribution in [2.24, 2.45) is 0 Å². The summed E-state index contributed by atoms with van der Waals surface area (Å²) >= 11 is 0. The van der Waals surface area contributed by atoms with Gasteiger partial charge in [-0.25, -0.2) is 0 Å². The number of rotatable bonds is 31. The van der Waals surface area contributed by atoms with Gasteiger partial charge in [0.25, 0.3) is 0 Å². The minimum absolute atomic E-state index is 0.218. The highest BCUT2D eigenvalue weighted by atomic mass is 16.7. The van der Waals surface area contributed by atoms with E-state index in [2.05, 4.69) is 13.8 Å². The van der Waals surface area contributed by atoms with Gasteiger partial charge in [0.1, 0.15) is 55.4 Å². The van der Waals surface area contributed by atoms with Crippen LogP contribution in [0.25, 0.3) is 0 Å². The molecular weight excluding hydrogens is 672 g/mol. The number of hydrogen-bond acceptors (Lipinski definition) is 12. The van der Waals surface area contributed by atoms with Crippen LogP contribution in [0.2, 0.25) is 0 Å². The molecule has 2 fully saturated rings. The molecule has 0 aromatic rings. The standard InChI is InChI=1S/C40H76O12/c1-3-5-7-9-11-13-15-16-17-18-20-22-24-26-32(42)49-29-31-33(43)34(44)36(46)40(51-31)52-38-30(28-41)50-39(37(47)35(38)45)48-27-25-23-21-19-14-12-10-8-6-4-2/h30-31,33-41,43-47H,3-29H2,1-2H3/t30-,31-,33-,34+,35-,36-,37-,38-,39-,40-/m1/s1. The van der Waals surface area contributed by atoms with E-state index in [0.717, 1.165) is 38.5 Å².